The molecule has 0 saturated heterocycles. The number of oxime groups is 1. The van der Waals surface area contributed by atoms with Gasteiger partial charge in [0.15, 0.2) is 21.9 Å². The minimum Gasteiger partial charge on any atom is -0.331 e. The van der Waals surface area contributed by atoms with Crippen LogP contribution in [0, 0.1) is 10.2 Å². The lowest BCUT2D eigenvalue weighted by Gasteiger charge is -2.21. The number of benzene rings is 1. The van der Waals surface area contributed by atoms with Crippen molar-refractivity contribution in [2.45, 2.75) is 6.17 Å². The van der Waals surface area contributed by atoms with Crippen molar-refractivity contribution in [2.75, 3.05) is 23.9 Å². The summed E-state index contributed by atoms with van der Waals surface area (Å²) in [6.07, 6.45) is 0.722. The Bertz CT molecular complexity index is 687. The summed E-state index contributed by atoms with van der Waals surface area (Å²) in [4.78, 5) is 12.6. The van der Waals surface area contributed by atoms with Crippen molar-refractivity contribution in [3.8, 4) is 0 Å². The normalized spacial score (nSPS) is 15.9. The monoisotopic (exact) mass is 325 g/mol. The molecule has 22 heavy (non-hydrogen) atoms. The molecule has 1 aromatic heterocycles. The SMILES string of the molecule is CN1c2nc3ccccc3nc2N(C)C1C=NO[Cl+3]([O-])([O-])[O-]. The predicted octanol–water partition coefficient (Wildman–Crippen LogP) is -2.26. The molecule has 1 aliphatic heterocycles. The minimum absolute atomic E-state index is 0.469. The van der Waals surface area contributed by atoms with Crippen molar-refractivity contribution < 1.29 is 28.6 Å². The first-order valence-corrected chi connectivity index (χ1v) is 7.46. The molecule has 0 amide bonds. The van der Waals surface area contributed by atoms with Crippen molar-refractivity contribution in [3.63, 3.8) is 0 Å². The van der Waals surface area contributed by atoms with Crippen molar-refractivity contribution >= 4 is 28.9 Å². The van der Waals surface area contributed by atoms with Crippen LogP contribution in [0.15, 0.2) is 29.4 Å². The standard InChI is InChI=1S/C12H12ClN5O4/c1-17-10(7-14-22-13(19,20)21)18(2)12-11(17)15-8-5-3-4-6-9(8)16-12/h3-7,10H,1-2H3. The molecule has 1 aliphatic rings. The second-order valence-corrected chi connectivity index (χ2v) is 5.59. The summed E-state index contributed by atoms with van der Waals surface area (Å²) >= 11 is 0. The number of hydrogen-bond acceptors (Lipinski definition) is 9. The maximum Gasteiger partial charge on any atom is 0.174 e. The summed E-state index contributed by atoms with van der Waals surface area (Å²) in [6, 6.07) is 7.44. The summed E-state index contributed by atoms with van der Waals surface area (Å²) in [7, 11) is -1.08. The third kappa shape index (κ3) is 2.62. The zero-order chi connectivity index (χ0) is 15.9. The molecule has 3 rings (SSSR count). The van der Waals surface area contributed by atoms with E-state index < -0.39 is 16.4 Å². The van der Waals surface area contributed by atoms with Crippen molar-refractivity contribution in [2.24, 2.45) is 5.16 Å². The highest BCUT2D eigenvalue weighted by molar-refractivity contribution is 5.88. The Morgan fingerprint density at radius 2 is 1.59 bits per heavy atom. The average Bonchev–Trinajstić information content (AvgIpc) is 2.69. The highest BCUT2D eigenvalue weighted by Crippen LogP contribution is 2.34. The van der Waals surface area contributed by atoms with E-state index in [1.54, 1.807) is 23.9 Å². The Kier molecular flexibility index (Phi) is 3.49. The first-order chi connectivity index (χ1) is 10.4. The number of anilines is 2. The van der Waals surface area contributed by atoms with Crippen molar-refractivity contribution in [3.05, 3.63) is 24.3 Å². The molecule has 0 fully saturated rings. The molecule has 0 saturated carbocycles. The van der Waals surface area contributed by atoms with E-state index in [9.17, 15) is 14.0 Å². The zero-order valence-electron chi connectivity index (χ0n) is 11.7. The predicted molar refractivity (Wildman–Crippen MR) is 69.7 cm³/mol. The largest absolute Gasteiger partial charge is 0.331 e. The summed E-state index contributed by atoms with van der Waals surface area (Å²) in [5.41, 5.74) is 1.49. The van der Waals surface area contributed by atoms with Gasteiger partial charge in [-0.15, -0.1) is 0 Å². The van der Waals surface area contributed by atoms with Gasteiger partial charge in [0, 0.05) is 14.1 Å². The molecular formula is C12H12ClN5O4. The topological polar surface area (TPSA) is 123 Å². The number of hydrogen-bond donors (Lipinski definition) is 0. The number of halogens is 1. The average molecular weight is 326 g/mol. The van der Waals surface area contributed by atoms with E-state index in [0.29, 0.717) is 11.6 Å². The third-order valence-electron chi connectivity index (χ3n) is 3.31. The lowest BCUT2D eigenvalue weighted by atomic mass is 10.3. The van der Waals surface area contributed by atoms with Crippen LogP contribution in [-0.4, -0.2) is 36.4 Å². The van der Waals surface area contributed by atoms with Gasteiger partial charge in [-0.2, -0.15) is 14.0 Å². The molecule has 116 valence electrons. The second-order valence-electron chi connectivity index (χ2n) is 4.70. The summed E-state index contributed by atoms with van der Waals surface area (Å²) < 4.78 is 35.0. The van der Waals surface area contributed by atoms with E-state index in [0.717, 1.165) is 11.0 Å². The Balaban J connectivity index is 1.92. The quantitative estimate of drug-likeness (QED) is 0.457. The van der Waals surface area contributed by atoms with Gasteiger partial charge in [0.1, 0.15) is 12.4 Å². The molecule has 1 aromatic carbocycles. The van der Waals surface area contributed by atoms with E-state index in [1.165, 1.54) is 6.21 Å². The van der Waals surface area contributed by atoms with Crippen LogP contribution < -0.4 is 23.8 Å². The summed E-state index contributed by atoms with van der Waals surface area (Å²) in [5, 5.41) is 3.20. The molecule has 0 bridgehead atoms. The molecule has 2 aromatic rings. The highest BCUT2D eigenvalue weighted by atomic mass is 35.7. The van der Waals surface area contributed by atoms with Gasteiger partial charge in [0.25, 0.3) is 0 Å². The Labute approximate surface area is 127 Å². The molecular weight excluding hydrogens is 314 g/mol. The lowest BCUT2D eigenvalue weighted by molar-refractivity contribution is -1.92. The lowest BCUT2D eigenvalue weighted by Crippen LogP contribution is -2.60. The molecule has 0 radical (unpaired) electrons. The van der Waals surface area contributed by atoms with Gasteiger partial charge in [-0.05, 0) is 12.1 Å². The van der Waals surface area contributed by atoms with E-state index in [2.05, 4.69) is 19.5 Å². The molecule has 0 unspecified atom stereocenters. The van der Waals surface area contributed by atoms with E-state index >= 15 is 0 Å². The number of fused-ring (bicyclic) bond motifs is 2. The molecule has 10 heteroatoms. The van der Waals surface area contributed by atoms with Gasteiger partial charge in [-0.25, -0.2) is 9.97 Å². The molecule has 0 N–H and O–H groups in total. The molecule has 9 nitrogen and oxygen atoms in total. The summed E-state index contributed by atoms with van der Waals surface area (Å²) in [6.45, 7) is 0. The third-order valence-corrected chi connectivity index (χ3v) is 3.56. The fourth-order valence-electron chi connectivity index (χ4n) is 2.29. The van der Waals surface area contributed by atoms with Crippen LogP contribution in [0.5, 0.6) is 0 Å². The second kappa shape index (κ2) is 5.21. The Morgan fingerprint density at radius 1 is 1.09 bits per heavy atom. The first kappa shape index (κ1) is 14.7. The smallest absolute Gasteiger partial charge is 0.174 e. The number of aromatic nitrogens is 2. The van der Waals surface area contributed by atoms with E-state index in [4.69, 9.17) is 0 Å². The number of nitrogens with zero attached hydrogens (tertiary/aromatic N) is 5. The summed E-state index contributed by atoms with van der Waals surface area (Å²) in [5.74, 6) is 1.25. The Morgan fingerprint density at radius 3 is 2.05 bits per heavy atom. The minimum atomic E-state index is -4.59. The first-order valence-electron chi connectivity index (χ1n) is 6.22. The fraction of sp³-hybridized carbons (Fsp3) is 0.250. The van der Waals surface area contributed by atoms with Crippen LogP contribution in [0.25, 0.3) is 11.0 Å². The Hall–Kier alpha value is -2.20. The van der Waals surface area contributed by atoms with Crippen LogP contribution in [0.3, 0.4) is 0 Å². The molecule has 0 aliphatic carbocycles. The van der Waals surface area contributed by atoms with Crippen LogP contribution in [0.2, 0.25) is 0 Å². The maximum atomic E-state index is 10.4. The van der Waals surface area contributed by atoms with Crippen molar-refractivity contribution in [1.29, 1.82) is 0 Å². The van der Waals surface area contributed by atoms with Gasteiger partial charge >= 0.3 is 0 Å². The van der Waals surface area contributed by atoms with E-state index in [-0.39, 0.29) is 0 Å². The van der Waals surface area contributed by atoms with Gasteiger partial charge < -0.3 is 9.80 Å². The van der Waals surface area contributed by atoms with Gasteiger partial charge in [0.05, 0.1) is 20.6 Å². The van der Waals surface area contributed by atoms with Crippen LogP contribution in [0.1, 0.15) is 0 Å². The molecule has 0 spiro atoms. The maximum absolute atomic E-state index is 10.4. The van der Waals surface area contributed by atoms with E-state index in [1.807, 2.05) is 24.3 Å². The van der Waals surface area contributed by atoms with Crippen molar-refractivity contribution in [1.82, 2.24) is 9.97 Å². The molecule has 2 heterocycles. The van der Waals surface area contributed by atoms with Crippen LogP contribution in [-0.2, 0) is 4.39 Å². The van der Waals surface area contributed by atoms with Gasteiger partial charge in [-0.1, -0.05) is 12.1 Å². The van der Waals surface area contributed by atoms with Crippen LogP contribution >= 0.6 is 0 Å². The number of para-hydroxylation sites is 2. The zero-order valence-corrected chi connectivity index (χ0v) is 12.5. The molecule has 0 atom stereocenters. The highest BCUT2D eigenvalue weighted by Gasteiger charge is 2.34. The fourth-order valence-corrected chi connectivity index (χ4v) is 2.43. The van der Waals surface area contributed by atoms with Gasteiger partial charge in [0.2, 0.25) is 0 Å². The van der Waals surface area contributed by atoms with Gasteiger partial charge in [-0.3, -0.25) is 0 Å². The van der Waals surface area contributed by atoms with Crippen LogP contribution in [0.4, 0.5) is 11.6 Å². The number of rotatable bonds is 3.